The lowest BCUT2D eigenvalue weighted by Crippen LogP contribution is -2.12. The van der Waals surface area contributed by atoms with E-state index in [9.17, 15) is 0 Å². The van der Waals surface area contributed by atoms with Gasteiger partial charge >= 0.3 is 0 Å². The molecule has 0 bridgehead atoms. The van der Waals surface area contributed by atoms with Crippen LogP contribution in [0.4, 0.5) is 0 Å². The Balaban J connectivity index is 1.77. The van der Waals surface area contributed by atoms with Gasteiger partial charge in [-0.2, -0.15) is 0 Å². The Morgan fingerprint density at radius 1 is 1.18 bits per heavy atom. The molecule has 0 N–H and O–H groups in total. The van der Waals surface area contributed by atoms with Crippen LogP contribution in [-0.4, -0.2) is 14.8 Å². The van der Waals surface area contributed by atoms with Gasteiger partial charge in [-0.25, -0.2) is 0 Å². The minimum atomic E-state index is -0.243. The lowest BCUT2D eigenvalue weighted by Gasteiger charge is -2.17. The van der Waals surface area contributed by atoms with Crippen molar-refractivity contribution in [2.24, 2.45) is 0 Å². The average Bonchev–Trinajstić information content (AvgIpc) is 3.08. The maximum absolute atomic E-state index is 6.12. The van der Waals surface area contributed by atoms with E-state index in [1.165, 1.54) is 0 Å². The fourth-order valence-corrected chi connectivity index (χ4v) is 3.94. The van der Waals surface area contributed by atoms with Gasteiger partial charge in [-0.15, -0.1) is 16.8 Å². The molecule has 0 spiro atoms. The van der Waals surface area contributed by atoms with Gasteiger partial charge in [-0.3, -0.25) is 4.57 Å². The number of halogens is 2. The molecule has 146 valence electrons. The molecule has 1 atom stereocenters. The number of thioether (sulfide) groups is 1. The number of rotatable bonds is 8. The Bertz CT molecular complexity index is 974. The average molecular weight is 434 g/mol. The van der Waals surface area contributed by atoms with E-state index in [-0.39, 0.29) is 6.10 Å². The van der Waals surface area contributed by atoms with Crippen LogP contribution >= 0.6 is 35.0 Å². The molecule has 0 radical (unpaired) electrons. The van der Waals surface area contributed by atoms with E-state index in [0.29, 0.717) is 22.3 Å². The predicted molar refractivity (Wildman–Crippen MR) is 116 cm³/mol. The van der Waals surface area contributed by atoms with Gasteiger partial charge in [-0.1, -0.05) is 65.3 Å². The number of aromatic nitrogens is 3. The number of hydrogen-bond acceptors (Lipinski definition) is 4. The first-order valence-corrected chi connectivity index (χ1v) is 10.6. The number of ether oxygens (including phenoxy) is 1. The molecule has 0 aliphatic heterocycles. The van der Waals surface area contributed by atoms with Crippen molar-refractivity contribution < 1.29 is 4.74 Å². The molecule has 0 saturated carbocycles. The highest BCUT2D eigenvalue weighted by molar-refractivity contribution is 7.98. The van der Waals surface area contributed by atoms with E-state index in [2.05, 4.69) is 16.8 Å². The molecule has 4 nitrogen and oxygen atoms in total. The van der Waals surface area contributed by atoms with Gasteiger partial charge in [-0.05, 0) is 43.2 Å². The first-order valence-electron chi connectivity index (χ1n) is 8.82. The maximum atomic E-state index is 6.12. The molecule has 1 unspecified atom stereocenters. The fraction of sp³-hybridized carbons (Fsp3) is 0.238. The standard InChI is InChI=1S/C21H21Cl2N3OS/c1-4-11-26-20(15(3)27-19-8-6-5-7-14(19)2)24-25-21(26)28-13-16-9-10-17(22)18(23)12-16/h4-10,12,15H,1,11,13H2,2-3H3. The molecule has 0 fully saturated rings. The van der Waals surface area contributed by atoms with Crippen molar-refractivity contribution in [2.75, 3.05) is 0 Å². The van der Waals surface area contributed by atoms with Crippen molar-refractivity contribution in [1.29, 1.82) is 0 Å². The number of benzene rings is 2. The van der Waals surface area contributed by atoms with E-state index in [4.69, 9.17) is 27.9 Å². The summed E-state index contributed by atoms with van der Waals surface area (Å²) in [5.74, 6) is 2.31. The van der Waals surface area contributed by atoms with Crippen LogP contribution in [0.25, 0.3) is 0 Å². The van der Waals surface area contributed by atoms with Crippen LogP contribution in [0.15, 0.2) is 60.3 Å². The second-order valence-corrected chi connectivity index (χ2v) is 8.06. The van der Waals surface area contributed by atoms with Crippen LogP contribution in [-0.2, 0) is 12.3 Å². The zero-order valence-electron chi connectivity index (χ0n) is 15.7. The zero-order valence-corrected chi connectivity index (χ0v) is 18.1. The van der Waals surface area contributed by atoms with Gasteiger partial charge in [0.05, 0.1) is 10.0 Å². The molecule has 3 rings (SSSR count). The van der Waals surface area contributed by atoms with E-state index in [0.717, 1.165) is 27.9 Å². The second-order valence-electron chi connectivity index (χ2n) is 6.30. The number of allylic oxidation sites excluding steroid dienone is 1. The fourth-order valence-electron chi connectivity index (χ4n) is 2.72. The summed E-state index contributed by atoms with van der Waals surface area (Å²) < 4.78 is 8.15. The number of nitrogens with zero attached hydrogens (tertiary/aromatic N) is 3. The molecule has 0 saturated heterocycles. The van der Waals surface area contributed by atoms with Crippen molar-refractivity contribution in [3.05, 3.63) is 82.1 Å². The van der Waals surface area contributed by atoms with Crippen LogP contribution in [0, 0.1) is 6.92 Å². The normalized spacial score (nSPS) is 12.0. The molecule has 7 heteroatoms. The summed E-state index contributed by atoms with van der Waals surface area (Å²) in [5.41, 5.74) is 2.15. The van der Waals surface area contributed by atoms with E-state index < -0.39 is 0 Å². The molecule has 3 aromatic rings. The van der Waals surface area contributed by atoms with Crippen LogP contribution < -0.4 is 4.74 Å². The summed E-state index contributed by atoms with van der Waals surface area (Å²) in [4.78, 5) is 0. The van der Waals surface area contributed by atoms with E-state index in [1.807, 2.05) is 60.9 Å². The molecule has 0 aliphatic carbocycles. The lowest BCUT2D eigenvalue weighted by atomic mass is 10.2. The van der Waals surface area contributed by atoms with Crippen molar-refractivity contribution in [3.8, 4) is 5.75 Å². The lowest BCUT2D eigenvalue weighted by molar-refractivity contribution is 0.209. The van der Waals surface area contributed by atoms with Crippen molar-refractivity contribution in [3.63, 3.8) is 0 Å². The van der Waals surface area contributed by atoms with E-state index >= 15 is 0 Å². The number of aryl methyl sites for hydroxylation is 1. The zero-order chi connectivity index (χ0) is 20.1. The summed E-state index contributed by atoms with van der Waals surface area (Å²) in [5, 5.41) is 10.6. The molecule has 2 aromatic carbocycles. The first-order chi connectivity index (χ1) is 13.5. The van der Waals surface area contributed by atoms with Gasteiger partial charge in [0.15, 0.2) is 17.1 Å². The van der Waals surface area contributed by atoms with Crippen LogP contribution in [0.5, 0.6) is 5.75 Å². The quantitative estimate of drug-likeness (QED) is 0.299. The smallest absolute Gasteiger partial charge is 0.191 e. The number of para-hydroxylation sites is 1. The highest BCUT2D eigenvalue weighted by Crippen LogP contribution is 2.29. The molecule has 0 amide bonds. The van der Waals surface area contributed by atoms with Crippen LogP contribution in [0.1, 0.15) is 30.0 Å². The van der Waals surface area contributed by atoms with Gasteiger partial charge in [0.2, 0.25) is 0 Å². The highest BCUT2D eigenvalue weighted by atomic mass is 35.5. The first kappa shape index (κ1) is 20.8. The second kappa shape index (κ2) is 9.50. The third-order valence-corrected chi connectivity index (χ3v) is 5.95. The van der Waals surface area contributed by atoms with E-state index in [1.54, 1.807) is 17.8 Å². The Morgan fingerprint density at radius 3 is 2.68 bits per heavy atom. The Morgan fingerprint density at radius 2 is 1.96 bits per heavy atom. The summed E-state index contributed by atoms with van der Waals surface area (Å²) >= 11 is 13.7. The van der Waals surface area contributed by atoms with Crippen molar-refractivity contribution in [2.45, 2.75) is 37.4 Å². The minimum absolute atomic E-state index is 0.243. The van der Waals surface area contributed by atoms with Gasteiger partial charge in [0.25, 0.3) is 0 Å². The van der Waals surface area contributed by atoms with Crippen molar-refractivity contribution in [1.82, 2.24) is 14.8 Å². The third-order valence-electron chi connectivity index (χ3n) is 4.17. The molecular weight excluding hydrogens is 413 g/mol. The molecule has 1 heterocycles. The Kier molecular flexibility index (Phi) is 7.05. The Labute approximate surface area is 179 Å². The van der Waals surface area contributed by atoms with Gasteiger partial charge in [0, 0.05) is 12.3 Å². The summed E-state index contributed by atoms with van der Waals surface area (Å²) in [6.45, 7) is 8.46. The van der Waals surface area contributed by atoms with Crippen LogP contribution in [0.3, 0.4) is 0 Å². The SMILES string of the molecule is C=CCn1c(SCc2ccc(Cl)c(Cl)c2)nnc1C(C)Oc1ccccc1C. The predicted octanol–water partition coefficient (Wildman–Crippen LogP) is 6.51. The molecule has 0 aliphatic rings. The topological polar surface area (TPSA) is 39.9 Å². The van der Waals surface area contributed by atoms with Crippen molar-refractivity contribution >= 4 is 35.0 Å². The maximum Gasteiger partial charge on any atom is 0.191 e. The summed E-state index contributed by atoms with van der Waals surface area (Å²) in [6.07, 6.45) is 1.59. The van der Waals surface area contributed by atoms with Gasteiger partial charge < -0.3 is 4.74 Å². The molecule has 1 aromatic heterocycles. The number of hydrogen-bond donors (Lipinski definition) is 0. The van der Waals surface area contributed by atoms with Gasteiger partial charge in [0.1, 0.15) is 5.75 Å². The highest BCUT2D eigenvalue weighted by Gasteiger charge is 2.19. The largest absolute Gasteiger partial charge is 0.482 e. The monoisotopic (exact) mass is 433 g/mol. The molecule has 28 heavy (non-hydrogen) atoms. The summed E-state index contributed by atoms with van der Waals surface area (Å²) in [7, 11) is 0. The third kappa shape index (κ3) is 4.90. The summed E-state index contributed by atoms with van der Waals surface area (Å²) in [6, 6.07) is 13.6. The minimum Gasteiger partial charge on any atom is -0.482 e. The van der Waals surface area contributed by atoms with Crippen LogP contribution in [0.2, 0.25) is 10.0 Å². The Hall–Kier alpha value is -1.95. The molecular formula is C21H21Cl2N3OS.